The summed E-state index contributed by atoms with van der Waals surface area (Å²) in [6, 6.07) is 0. The lowest BCUT2D eigenvalue weighted by Gasteiger charge is -1.97. The average molecular weight is 173 g/mol. The average Bonchev–Trinajstić information content (AvgIpc) is 1.66. The second kappa shape index (κ2) is 5.84. The maximum atomic E-state index is 5.29. The first-order valence-corrected chi connectivity index (χ1v) is 5.20. The maximum absolute atomic E-state index is 5.29. The second-order valence-electron chi connectivity index (χ2n) is 1.11. The van der Waals surface area contributed by atoms with E-state index in [0.717, 1.165) is 6.42 Å². The van der Waals surface area contributed by atoms with Gasteiger partial charge in [0.25, 0.3) is 0 Å². The molecule has 0 aromatic heterocycles. The maximum Gasteiger partial charge on any atom is 0.225 e. The number of halogens is 2. The van der Waals surface area contributed by atoms with E-state index in [1.807, 2.05) is 0 Å². The predicted octanol–water partition coefficient (Wildman–Crippen LogP) is 3.28. The van der Waals surface area contributed by atoms with Gasteiger partial charge in [0.2, 0.25) is 6.85 Å². The molecule has 0 saturated heterocycles. The van der Waals surface area contributed by atoms with Gasteiger partial charge in [-0.05, 0) is 28.9 Å². The molecule has 0 rings (SSSR count). The van der Waals surface area contributed by atoms with Crippen LogP contribution in [-0.2, 0) is 4.52 Å². The van der Waals surface area contributed by atoms with E-state index in [-0.39, 0.29) is 0 Å². The molecular weight excluding hydrogens is 166 g/mol. The Hall–Kier alpha value is 0.710. The van der Waals surface area contributed by atoms with E-state index in [1.54, 1.807) is 6.08 Å². The smallest absolute Gasteiger partial charge is 0.225 e. The first-order chi connectivity index (χ1) is 3.77. The fourth-order valence-corrected chi connectivity index (χ4v) is 0.863. The van der Waals surface area contributed by atoms with Crippen molar-refractivity contribution in [2.45, 2.75) is 6.42 Å². The molecular formula is C4H7Cl2OP. The van der Waals surface area contributed by atoms with Crippen LogP contribution in [0.25, 0.3) is 0 Å². The second-order valence-corrected chi connectivity index (χ2v) is 4.14. The monoisotopic (exact) mass is 172 g/mol. The molecule has 0 fully saturated rings. The highest BCUT2D eigenvalue weighted by Crippen LogP contribution is 2.47. The highest BCUT2D eigenvalue weighted by molar-refractivity contribution is 8.00. The molecule has 0 radical (unpaired) electrons. The van der Waals surface area contributed by atoms with Gasteiger partial charge >= 0.3 is 0 Å². The van der Waals surface area contributed by atoms with Crippen molar-refractivity contribution in [3.05, 3.63) is 12.7 Å². The zero-order valence-electron chi connectivity index (χ0n) is 4.31. The molecule has 0 aliphatic carbocycles. The number of rotatable bonds is 4. The molecule has 0 amide bonds. The number of hydrogen-bond acceptors (Lipinski definition) is 1. The van der Waals surface area contributed by atoms with Gasteiger partial charge in [0.1, 0.15) is 0 Å². The molecule has 4 heteroatoms. The zero-order chi connectivity index (χ0) is 6.41. The highest BCUT2D eigenvalue weighted by Gasteiger charge is 1.94. The van der Waals surface area contributed by atoms with Gasteiger partial charge in [-0.1, -0.05) is 6.08 Å². The molecule has 0 atom stereocenters. The fraction of sp³-hybridized carbons (Fsp3) is 0.500. The molecule has 8 heavy (non-hydrogen) atoms. The standard InChI is InChI=1S/C4H7Cl2OP/c1-2-3-4-7-8(5)6/h2H,1,3-4H2. The van der Waals surface area contributed by atoms with Crippen LogP contribution in [-0.4, -0.2) is 6.61 Å². The summed E-state index contributed by atoms with van der Waals surface area (Å²) in [4.78, 5) is 0. The van der Waals surface area contributed by atoms with Crippen molar-refractivity contribution in [2.24, 2.45) is 0 Å². The molecule has 0 aromatic carbocycles. The van der Waals surface area contributed by atoms with Crippen LogP contribution in [0.15, 0.2) is 12.7 Å². The summed E-state index contributed by atoms with van der Waals surface area (Å²) in [5.41, 5.74) is 0. The van der Waals surface area contributed by atoms with E-state index in [1.165, 1.54) is 0 Å². The molecule has 0 bridgehead atoms. The molecule has 0 aromatic rings. The summed E-state index contributed by atoms with van der Waals surface area (Å²) < 4.78 is 4.81. The Balaban J connectivity index is 2.81. The topological polar surface area (TPSA) is 9.23 Å². The third-order valence-corrected chi connectivity index (χ3v) is 1.47. The van der Waals surface area contributed by atoms with E-state index >= 15 is 0 Å². The van der Waals surface area contributed by atoms with Crippen molar-refractivity contribution >= 4 is 29.3 Å². The minimum Gasteiger partial charge on any atom is -0.331 e. The van der Waals surface area contributed by atoms with Gasteiger partial charge in [0.05, 0.1) is 6.61 Å². The molecule has 0 aliphatic rings. The molecule has 0 unspecified atom stereocenters. The Morgan fingerprint density at radius 2 is 2.25 bits per heavy atom. The van der Waals surface area contributed by atoms with Crippen LogP contribution >= 0.6 is 29.3 Å². The third kappa shape index (κ3) is 6.71. The van der Waals surface area contributed by atoms with Crippen molar-refractivity contribution in [1.29, 1.82) is 0 Å². The highest BCUT2D eigenvalue weighted by atomic mass is 35.9. The molecule has 0 heterocycles. The van der Waals surface area contributed by atoms with Gasteiger partial charge in [-0.3, -0.25) is 0 Å². The summed E-state index contributed by atoms with van der Waals surface area (Å²) in [6.07, 6.45) is 2.56. The lowest BCUT2D eigenvalue weighted by atomic mass is 10.5. The Morgan fingerprint density at radius 3 is 2.62 bits per heavy atom. The summed E-state index contributed by atoms with van der Waals surface area (Å²) in [7, 11) is 0. The predicted molar refractivity (Wildman–Crippen MR) is 39.4 cm³/mol. The van der Waals surface area contributed by atoms with E-state index in [0.29, 0.717) is 6.61 Å². The summed E-state index contributed by atoms with van der Waals surface area (Å²) >= 11 is 10.6. The Morgan fingerprint density at radius 1 is 1.62 bits per heavy atom. The van der Waals surface area contributed by atoms with Crippen molar-refractivity contribution in [1.82, 2.24) is 0 Å². The van der Waals surface area contributed by atoms with E-state index in [2.05, 4.69) is 6.58 Å². The van der Waals surface area contributed by atoms with Gasteiger partial charge in [-0.15, -0.1) is 6.58 Å². The molecule has 1 nitrogen and oxygen atoms in total. The van der Waals surface area contributed by atoms with Crippen molar-refractivity contribution in [3.63, 3.8) is 0 Å². The minimum atomic E-state index is -1.22. The van der Waals surface area contributed by atoms with Crippen LogP contribution < -0.4 is 0 Å². The van der Waals surface area contributed by atoms with Gasteiger partial charge < -0.3 is 4.52 Å². The van der Waals surface area contributed by atoms with Crippen molar-refractivity contribution in [2.75, 3.05) is 6.61 Å². The van der Waals surface area contributed by atoms with Crippen LogP contribution in [0.1, 0.15) is 6.42 Å². The van der Waals surface area contributed by atoms with Crippen molar-refractivity contribution < 1.29 is 4.52 Å². The number of hydrogen-bond donors (Lipinski definition) is 0. The van der Waals surface area contributed by atoms with Crippen LogP contribution in [0.4, 0.5) is 0 Å². The van der Waals surface area contributed by atoms with Crippen LogP contribution in [0, 0.1) is 0 Å². The summed E-state index contributed by atoms with van der Waals surface area (Å²) in [6.45, 7) is 2.85. The van der Waals surface area contributed by atoms with Crippen LogP contribution in [0.3, 0.4) is 0 Å². The van der Waals surface area contributed by atoms with Gasteiger partial charge in [0, 0.05) is 0 Å². The quantitative estimate of drug-likeness (QED) is 0.360. The van der Waals surface area contributed by atoms with E-state index in [4.69, 9.17) is 27.0 Å². The SMILES string of the molecule is C=CCCOP(Cl)Cl. The third-order valence-electron chi connectivity index (χ3n) is 0.511. The van der Waals surface area contributed by atoms with Gasteiger partial charge in [0.15, 0.2) is 0 Å². The summed E-state index contributed by atoms with van der Waals surface area (Å²) in [5, 5.41) is 0. The zero-order valence-corrected chi connectivity index (χ0v) is 6.72. The van der Waals surface area contributed by atoms with Crippen LogP contribution in [0.2, 0.25) is 0 Å². The Kier molecular flexibility index (Phi) is 6.36. The Bertz CT molecular complexity index is 67.1. The first kappa shape index (κ1) is 8.71. The van der Waals surface area contributed by atoms with Gasteiger partial charge in [-0.25, -0.2) is 0 Å². The Labute approximate surface area is 60.0 Å². The molecule has 0 saturated carbocycles. The summed E-state index contributed by atoms with van der Waals surface area (Å²) in [5.74, 6) is 0. The first-order valence-electron chi connectivity index (χ1n) is 2.13. The van der Waals surface area contributed by atoms with Crippen LogP contribution in [0.5, 0.6) is 0 Å². The minimum absolute atomic E-state index is 0.572. The van der Waals surface area contributed by atoms with Crippen molar-refractivity contribution in [3.8, 4) is 0 Å². The molecule has 0 aliphatic heterocycles. The molecule has 0 N–H and O–H groups in total. The van der Waals surface area contributed by atoms with E-state index in [9.17, 15) is 0 Å². The van der Waals surface area contributed by atoms with E-state index < -0.39 is 6.85 Å². The fourth-order valence-electron chi connectivity index (χ4n) is 0.205. The largest absolute Gasteiger partial charge is 0.331 e. The molecule has 48 valence electrons. The normalized spacial score (nSPS) is 9.88. The van der Waals surface area contributed by atoms with Gasteiger partial charge in [-0.2, -0.15) is 0 Å². The molecule has 0 spiro atoms. The lowest BCUT2D eigenvalue weighted by Crippen LogP contribution is -1.79. The lowest BCUT2D eigenvalue weighted by molar-refractivity contribution is 0.375.